The van der Waals surface area contributed by atoms with E-state index in [9.17, 15) is 19.7 Å². The van der Waals surface area contributed by atoms with Crippen LogP contribution in [-0.4, -0.2) is 46.6 Å². The van der Waals surface area contributed by atoms with E-state index in [0.717, 1.165) is 12.3 Å². The van der Waals surface area contributed by atoms with E-state index in [1.165, 1.54) is 0 Å². The molecule has 0 bridgehead atoms. The predicted octanol–water partition coefficient (Wildman–Crippen LogP) is -0.398. The number of aromatic carboxylic acids is 1. The molecular formula is C10H12N4O6. The SMILES string of the molecule is NC(=O)COCCNc1ncc([N+](=O)[O-])cc1C(=O)O. The fourth-order valence-electron chi connectivity index (χ4n) is 1.27. The molecule has 20 heavy (non-hydrogen) atoms. The fourth-order valence-corrected chi connectivity index (χ4v) is 1.27. The Kier molecular flexibility index (Phi) is 5.35. The van der Waals surface area contributed by atoms with Crippen molar-refractivity contribution in [2.45, 2.75) is 0 Å². The van der Waals surface area contributed by atoms with Crippen LogP contribution in [0.3, 0.4) is 0 Å². The maximum atomic E-state index is 11.0. The van der Waals surface area contributed by atoms with Gasteiger partial charge in [-0.15, -0.1) is 0 Å². The third-order valence-electron chi connectivity index (χ3n) is 2.10. The quantitative estimate of drug-likeness (QED) is 0.330. The van der Waals surface area contributed by atoms with Crippen molar-refractivity contribution < 1.29 is 24.4 Å². The summed E-state index contributed by atoms with van der Waals surface area (Å²) < 4.78 is 4.86. The summed E-state index contributed by atoms with van der Waals surface area (Å²) in [6.07, 6.45) is 0.943. The van der Waals surface area contributed by atoms with Gasteiger partial charge in [0.15, 0.2) is 0 Å². The van der Waals surface area contributed by atoms with E-state index in [2.05, 4.69) is 10.3 Å². The lowest BCUT2D eigenvalue weighted by molar-refractivity contribution is -0.385. The number of ether oxygens (including phenoxy) is 1. The van der Waals surface area contributed by atoms with Crippen LogP contribution in [0.1, 0.15) is 10.4 Å². The van der Waals surface area contributed by atoms with Gasteiger partial charge < -0.3 is 20.9 Å². The van der Waals surface area contributed by atoms with Gasteiger partial charge in [0.25, 0.3) is 5.69 Å². The number of nitrogens with two attached hydrogens (primary N) is 1. The van der Waals surface area contributed by atoms with Gasteiger partial charge in [-0.2, -0.15) is 0 Å². The summed E-state index contributed by atoms with van der Waals surface area (Å²) in [5, 5.41) is 22.1. The third-order valence-corrected chi connectivity index (χ3v) is 2.10. The summed E-state index contributed by atoms with van der Waals surface area (Å²) in [5.74, 6) is -1.99. The normalized spacial score (nSPS) is 10.0. The second-order valence-corrected chi connectivity index (χ2v) is 3.60. The highest BCUT2D eigenvalue weighted by Gasteiger charge is 2.17. The highest BCUT2D eigenvalue weighted by molar-refractivity contribution is 5.93. The number of carboxylic acid groups (broad SMARTS) is 1. The number of anilines is 1. The van der Waals surface area contributed by atoms with Crippen LogP contribution in [-0.2, 0) is 9.53 Å². The van der Waals surface area contributed by atoms with E-state index in [1.54, 1.807) is 0 Å². The molecule has 0 fully saturated rings. The Labute approximate surface area is 112 Å². The van der Waals surface area contributed by atoms with Crippen LogP contribution in [0, 0.1) is 10.1 Å². The predicted molar refractivity (Wildman–Crippen MR) is 66.4 cm³/mol. The summed E-state index contributed by atoms with van der Waals surface area (Å²) in [6, 6.07) is 0.905. The fraction of sp³-hybridized carbons (Fsp3) is 0.300. The first-order chi connectivity index (χ1) is 9.41. The van der Waals surface area contributed by atoms with E-state index in [1.807, 2.05) is 0 Å². The molecule has 10 nitrogen and oxygen atoms in total. The number of rotatable bonds is 8. The summed E-state index contributed by atoms with van der Waals surface area (Å²) in [5.41, 5.74) is 4.11. The van der Waals surface area contributed by atoms with E-state index in [4.69, 9.17) is 15.6 Å². The standard InChI is InChI=1S/C10H12N4O6/c11-8(15)5-20-2-1-12-9-7(10(16)17)3-6(4-13-9)14(18)19/h3-4H,1-2,5H2,(H2,11,15)(H,12,13)(H,16,17). The molecule has 1 aromatic heterocycles. The molecule has 0 saturated heterocycles. The van der Waals surface area contributed by atoms with Gasteiger partial charge in [-0.05, 0) is 0 Å². The van der Waals surface area contributed by atoms with E-state index < -0.39 is 22.5 Å². The van der Waals surface area contributed by atoms with Gasteiger partial charge in [0.2, 0.25) is 5.91 Å². The largest absolute Gasteiger partial charge is 0.478 e. The van der Waals surface area contributed by atoms with Crippen LogP contribution >= 0.6 is 0 Å². The number of hydrogen-bond acceptors (Lipinski definition) is 7. The Morgan fingerprint density at radius 3 is 2.80 bits per heavy atom. The van der Waals surface area contributed by atoms with E-state index >= 15 is 0 Å². The molecule has 108 valence electrons. The molecule has 0 spiro atoms. The van der Waals surface area contributed by atoms with Crippen molar-refractivity contribution in [2.75, 3.05) is 25.1 Å². The molecule has 0 saturated carbocycles. The molecule has 1 aromatic rings. The lowest BCUT2D eigenvalue weighted by Gasteiger charge is -2.08. The van der Waals surface area contributed by atoms with Gasteiger partial charge in [0, 0.05) is 12.6 Å². The number of primary amides is 1. The number of aromatic nitrogens is 1. The highest BCUT2D eigenvalue weighted by atomic mass is 16.6. The first-order valence-electron chi connectivity index (χ1n) is 5.39. The van der Waals surface area contributed by atoms with Crippen LogP contribution in [0.5, 0.6) is 0 Å². The van der Waals surface area contributed by atoms with E-state index in [-0.39, 0.29) is 31.1 Å². The molecule has 0 aliphatic rings. The molecule has 0 radical (unpaired) electrons. The van der Waals surface area contributed by atoms with Crippen molar-refractivity contribution in [3.05, 3.63) is 27.9 Å². The van der Waals surface area contributed by atoms with Crippen LogP contribution < -0.4 is 11.1 Å². The Morgan fingerprint density at radius 1 is 1.55 bits per heavy atom. The number of pyridine rings is 1. The third kappa shape index (κ3) is 4.49. The molecule has 4 N–H and O–H groups in total. The second-order valence-electron chi connectivity index (χ2n) is 3.60. The Morgan fingerprint density at radius 2 is 2.25 bits per heavy atom. The molecule has 0 atom stereocenters. The maximum Gasteiger partial charge on any atom is 0.339 e. The van der Waals surface area contributed by atoms with Crippen molar-refractivity contribution in [3.8, 4) is 0 Å². The van der Waals surface area contributed by atoms with Crippen molar-refractivity contribution >= 4 is 23.4 Å². The summed E-state index contributed by atoms with van der Waals surface area (Å²) in [6.45, 7) is 0.0141. The number of nitro groups is 1. The zero-order valence-electron chi connectivity index (χ0n) is 10.2. The molecular weight excluding hydrogens is 272 g/mol. The van der Waals surface area contributed by atoms with Crippen molar-refractivity contribution in [1.29, 1.82) is 0 Å². The topological polar surface area (TPSA) is 158 Å². The molecule has 0 aliphatic heterocycles. The van der Waals surface area contributed by atoms with Gasteiger partial charge in [-0.3, -0.25) is 14.9 Å². The lowest BCUT2D eigenvalue weighted by atomic mass is 10.2. The maximum absolute atomic E-state index is 11.0. The van der Waals surface area contributed by atoms with Gasteiger partial charge in [0.1, 0.15) is 24.2 Å². The first-order valence-corrected chi connectivity index (χ1v) is 5.39. The number of carboxylic acids is 1. The second kappa shape index (κ2) is 6.99. The van der Waals surface area contributed by atoms with Crippen molar-refractivity contribution in [2.24, 2.45) is 5.73 Å². The Hall–Kier alpha value is -2.75. The minimum Gasteiger partial charge on any atom is -0.478 e. The zero-order valence-corrected chi connectivity index (χ0v) is 10.2. The Bertz CT molecular complexity index is 532. The number of nitrogens with one attached hydrogen (secondary N) is 1. The van der Waals surface area contributed by atoms with Gasteiger partial charge in [-0.1, -0.05) is 0 Å². The molecule has 1 rings (SSSR count). The number of carbonyl (C=O) groups is 2. The van der Waals surface area contributed by atoms with Crippen LogP contribution in [0.15, 0.2) is 12.3 Å². The summed E-state index contributed by atoms with van der Waals surface area (Å²) >= 11 is 0. The molecule has 1 amide bonds. The van der Waals surface area contributed by atoms with Crippen LogP contribution in [0.2, 0.25) is 0 Å². The van der Waals surface area contributed by atoms with Crippen molar-refractivity contribution in [1.82, 2.24) is 4.98 Å². The van der Waals surface area contributed by atoms with Crippen LogP contribution in [0.4, 0.5) is 11.5 Å². The Balaban J connectivity index is 2.67. The average Bonchev–Trinajstić information content (AvgIpc) is 2.37. The van der Waals surface area contributed by atoms with E-state index in [0.29, 0.717) is 0 Å². The number of nitrogens with zero attached hydrogens (tertiary/aromatic N) is 2. The monoisotopic (exact) mass is 284 g/mol. The molecule has 0 unspecified atom stereocenters. The lowest BCUT2D eigenvalue weighted by Crippen LogP contribution is -2.21. The van der Waals surface area contributed by atoms with Gasteiger partial charge in [-0.25, -0.2) is 9.78 Å². The smallest absolute Gasteiger partial charge is 0.339 e. The molecule has 10 heteroatoms. The average molecular weight is 284 g/mol. The highest BCUT2D eigenvalue weighted by Crippen LogP contribution is 2.18. The minimum atomic E-state index is -1.35. The first kappa shape index (κ1) is 15.3. The molecule has 0 aliphatic carbocycles. The van der Waals surface area contributed by atoms with Crippen molar-refractivity contribution in [3.63, 3.8) is 0 Å². The summed E-state index contributed by atoms with van der Waals surface area (Å²) in [4.78, 5) is 34.9. The zero-order chi connectivity index (χ0) is 15.1. The van der Waals surface area contributed by atoms with Crippen LogP contribution in [0.25, 0.3) is 0 Å². The van der Waals surface area contributed by atoms with Gasteiger partial charge in [0.05, 0.1) is 11.5 Å². The number of hydrogen-bond donors (Lipinski definition) is 3. The number of carbonyl (C=O) groups excluding carboxylic acids is 1. The molecule has 1 heterocycles. The number of amides is 1. The summed E-state index contributed by atoms with van der Waals surface area (Å²) in [7, 11) is 0. The molecule has 0 aromatic carbocycles. The van der Waals surface area contributed by atoms with Gasteiger partial charge >= 0.3 is 5.97 Å². The minimum absolute atomic E-state index is 0.0224.